The summed E-state index contributed by atoms with van der Waals surface area (Å²) in [6, 6.07) is 15.5. The van der Waals surface area contributed by atoms with E-state index in [4.69, 9.17) is 16.6 Å². The number of amides is 1. The van der Waals surface area contributed by atoms with Crippen LogP contribution in [-0.2, 0) is 4.79 Å². The number of hydrogen-bond donors (Lipinski definition) is 2. The first-order valence-electron chi connectivity index (χ1n) is 8.15. The molecule has 1 fully saturated rings. The zero-order valence-corrected chi connectivity index (χ0v) is 13.9. The van der Waals surface area contributed by atoms with Crippen molar-refractivity contribution >= 4 is 28.9 Å². The third kappa shape index (κ3) is 2.62. The molecule has 2 aromatic rings. The van der Waals surface area contributed by atoms with Crippen LogP contribution in [0.25, 0.3) is 0 Å². The van der Waals surface area contributed by atoms with Gasteiger partial charge in [0.25, 0.3) is 5.91 Å². The maximum atomic E-state index is 12.9. The molecule has 0 atom stereocenters. The summed E-state index contributed by atoms with van der Waals surface area (Å²) in [6.07, 6.45) is 1.38. The van der Waals surface area contributed by atoms with E-state index in [0.717, 1.165) is 35.6 Å². The number of aliphatic imine (C=N–C) groups is 1. The monoisotopic (exact) mass is 339 g/mol. The molecule has 2 aliphatic heterocycles. The van der Waals surface area contributed by atoms with Crippen molar-refractivity contribution in [3.63, 3.8) is 0 Å². The van der Waals surface area contributed by atoms with E-state index >= 15 is 0 Å². The van der Waals surface area contributed by atoms with Gasteiger partial charge in [0.2, 0.25) is 0 Å². The molecule has 122 valence electrons. The van der Waals surface area contributed by atoms with Gasteiger partial charge in [-0.2, -0.15) is 0 Å². The Labute approximate surface area is 145 Å². The number of rotatable bonds is 1. The van der Waals surface area contributed by atoms with Crippen LogP contribution in [-0.4, -0.2) is 30.2 Å². The minimum Gasteiger partial charge on any atom is -0.323 e. The number of carbonyl (C=O) groups excluding carboxylic acids is 1. The average Bonchev–Trinajstić information content (AvgIpc) is 2.73. The number of halogens is 1. The van der Waals surface area contributed by atoms with Crippen LogP contribution in [0.3, 0.4) is 0 Å². The van der Waals surface area contributed by atoms with E-state index in [2.05, 4.69) is 10.6 Å². The van der Waals surface area contributed by atoms with Crippen LogP contribution in [0, 0.1) is 0 Å². The Morgan fingerprint density at radius 3 is 2.54 bits per heavy atom. The van der Waals surface area contributed by atoms with Crippen molar-refractivity contribution in [2.45, 2.75) is 18.4 Å². The van der Waals surface area contributed by atoms with Crippen molar-refractivity contribution in [3.8, 4) is 0 Å². The highest BCUT2D eigenvalue weighted by molar-refractivity contribution is 6.32. The molecule has 0 bridgehead atoms. The smallest absolute Gasteiger partial charge is 0.252 e. The Hall–Kier alpha value is -2.17. The number of anilines is 1. The summed E-state index contributed by atoms with van der Waals surface area (Å²) < 4.78 is 0. The molecule has 1 spiro atoms. The van der Waals surface area contributed by atoms with Gasteiger partial charge in [0.1, 0.15) is 5.54 Å². The summed E-state index contributed by atoms with van der Waals surface area (Å²) in [7, 11) is 0. The van der Waals surface area contributed by atoms with Gasteiger partial charge in [-0.25, -0.2) is 0 Å². The number of piperidine rings is 1. The van der Waals surface area contributed by atoms with Crippen molar-refractivity contribution in [3.05, 3.63) is 64.7 Å². The van der Waals surface area contributed by atoms with Crippen molar-refractivity contribution in [2.24, 2.45) is 4.99 Å². The van der Waals surface area contributed by atoms with Crippen molar-refractivity contribution in [1.29, 1.82) is 0 Å². The summed E-state index contributed by atoms with van der Waals surface area (Å²) >= 11 is 6.22. The van der Waals surface area contributed by atoms with Gasteiger partial charge in [-0.1, -0.05) is 41.9 Å². The lowest BCUT2D eigenvalue weighted by atomic mass is 9.87. The predicted octanol–water partition coefficient (Wildman–Crippen LogP) is 3.25. The normalized spacial score (nSPS) is 19.2. The summed E-state index contributed by atoms with van der Waals surface area (Å²) in [5.41, 5.74) is 2.74. The van der Waals surface area contributed by atoms with Crippen molar-refractivity contribution in [1.82, 2.24) is 5.32 Å². The second-order valence-electron chi connectivity index (χ2n) is 6.25. The number of hydrogen-bond acceptors (Lipinski definition) is 3. The zero-order valence-electron chi connectivity index (χ0n) is 13.2. The molecule has 2 N–H and O–H groups in total. The molecule has 24 heavy (non-hydrogen) atoms. The molecule has 0 aliphatic carbocycles. The van der Waals surface area contributed by atoms with E-state index in [1.54, 1.807) is 6.07 Å². The number of fused-ring (bicyclic) bond motifs is 1. The van der Waals surface area contributed by atoms with Crippen molar-refractivity contribution < 1.29 is 4.79 Å². The van der Waals surface area contributed by atoms with Gasteiger partial charge in [-0.05, 0) is 44.1 Å². The van der Waals surface area contributed by atoms with Crippen LogP contribution >= 0.6 is 11.6 Å². The molecule has 4 rings (SSSR count). The molecule has 1 saturated heterocycles. The number of benzene rings is 2. The molecule has 2 aromatic carbocycles. The summed E-state index contributed by atoms with van der Waals surface area (Å²) in [5, 5.41) is 7.01. The Kier molecular flexibility index (Phi) is 3.87. The standard InChI is InChI=1S/C19H18ClN3O/c20-14-6-7-16-15(12-14)17(13-4-2-1-3-5-13)23-19(18(24)22-16)8-10-21-11-9-19/h1-7,12,21H,8-11H2,(H,22,24). The fourth-order valence-corrected chi connectivity index (χ4v) is 3.55. The lowest BCUT2D eigenvalue weighted by Crippen LogP contribution is -2.49. The second-order valence-corrected chi connectivity index (χ2v) is 6.69. The number of nitrogens with zero attached hydrogens (tertiary/aromatic N) is 1. The molecular weight excluding hydrogens is 322 g/mol. The van der Waals surface area contributed by atoms with E-state index in [1.807, 2.05) is 42.5 Å². The highest BCUT2D eigenvalue weighted by atomic mass is 35.5. The lowest BCUT2D eigenvalue weighted by Gasteiger charge is -2.32. The topological polar surface area (TPSA) is 53.5 Å². The van der Waals surface area contributed by atoms with Gasteiger partial charge in [-0.15, -0.1) is 0 Å². The number of nitrogens with one attached hydrogen (secondary N) is 2. The van der Waals surface area contributed by atoms with Crippen LogP contribution in [0.2, 0.25) is 5.02 Å². The molecule has 2 aliphatic rings. The van der Waals surface area contributed by atoms with Crippen LogP contribution in [0.1, 0.15) is 24.0 Å². The van der Waals surface area contributed by atoms with E-state index in [9.17, 15) is 4.79 Å². The minimum atomic E-state index is -0.720. The Bertz CT molecular complexity index is 811. The van der Waals surface area contributed by atoms with E-state index in [0.29, 0.717) is 17.9 Å². The fraction of sp³-hybridized carbons (Fsp3) is 0.263. The molecule has 0 unspecified atom stereocenters. The molecule has 0 saturated carbocycles. The minimum absolute atomic E-state index is 0.0292. The molecule has 0 aromatic heterocycles. The first-order chi connectivity index (χ1) is 11.7. The van der Waals surface area contributed by atoms with E-state index < -0.39 is 5.54 Å². The summed E-state index contributed by atoms with van der Waals surface area (Å²) in [5.74, 6) is -0.0292. The Balaban J connectivity index is 1.94. The molecule has 4 nitrogen and oxygen atoms in total. The summed E-state index contributed by atoms with van der Waals surface area (Å²) in [6.45, 7) is 1.58. The van der Waals surface area contributed by atoms with E-state index in [-0.39, 0.29) is 5.91 Å². The average molecular weight is 340 g/mol. The van der Waals surface area contributed by atoms with Crippen LogP contribution in [0.5, 0.6) is 0 Å². The van der Waals surface area contributed by atoms with Gasteiger partial charge in [-0.3, -0.25) is 9.79 Å². The predicted molar refractivity (Wildman–Crippen MR) is 97.0 cm³/mol. The first kappa shape index (κ1) is 15.4. The van der Waals surface area contributed by atoms with E-state index in [1.165, 1.54) is 0 Å². The Morgan fingerprint density at radius 2 is 1.79 bits per heavy atom. The third-order valence-electron chi connectivity index (χ3n) is 4.71. The molecular formula is C19H18ClN3O. The molecule has 2 heterocycles. The largest absolute Gasteiger partial charge is 0.323 e. The molecule has 0 radical (unpaired) electrons. The van der Waals surface area contributed by atoms with Gasteiger partial charge >= 0.3 is 0 Å². The fourth-order valence-electron chi connectivity index (χ4n) is 3.38. The first-order valence-corrected chi connectivity index (χ1v) is 8.53. The maximum Gasteiger partial charge on any atom is 0.252 e. The van der Waals surface area contributed by atoms with Gasteiger partial charge in [0.05, 0.1) is 11.4 Å². The van der Waals surface area contributed by atoms with Gasteiger partial charge in [0.15, 0.2) is 0 Å². The molecule has 5 heteroatoms. The van der Waals surface area contributed by atoms with Crippen LogP contribution < -0.4 is 10.6 Å². The highest BCUT2D eigenvalue weighted by Crippen LogP contribution is 2.34. The maximum absolute atomic E-state index is 12.9. The quantitative estimate of drug-likeness (QED) is 0.838. The Morgan fingerprint density at radius 1 is 1.04 bits per heavy atom. The summed E-state index contributed by atoms with van der Waals surface area (Å²) in [4.78, 5) is 17.9. The SMILES string of the molecule is O=C1Nc2ccc(Cl)cc2C(c2ccccc2)=NC12CCNCC2. The zero-order chi connectivity index (χ0) is 16.6. The second kappa shape index (κ2) is 6.04. The van der Waals surface area contributed by atoms with Crippen LogP contribution in [0.15, 0.2) is 53.5 Å². The van der Waals surface area contributed by atoms with Crippen molar-refractivity contribution in [2.75, 3.05) is 18.4 Å². The van der Waals surface area contributed by atoms with Gasteiger partial charge in [0, 0.05) is 16.1 Å². The van der Waals surface area contributed by atoms with Crippen LogP contribution in [0.4, 0.5) is 5.69 Å². The molecule has 1 amide bonds. The lowest BCUT2D eigenvalue weighted by molar-refractivity contribution is -0.121. The highest BCUT2D eigenvalue weighted by Gasteiger charge is 2.42. The third-order valence-corrected chi connectivity index (χ3v) is 4.95. The number of carbonyl (C=O) groups is 1. The van der Waals surface area contributed by atoms with Gasteiger partial charge < -0.3 is 10.6 Å².